The summed E-state index contributed by atoms with van der Waals surface area (Å²) in [7, 11) is 0. The van der Waals surface area contributed by atoms with Crippen LogP contribution in [0.3, 0.4) is 0 Å². The summed E-state index contributed by atoms with van der Waals surface area (Å²) in [4.78, 5) is 19.5. The van der Waals surface area contributed by atoms with Gasteiger partial charge in [0.15, 0.2) is 5.65 Å². The van der Waals surface area contributed by atoms with Gasteiger partial charge in [0.2, 0.25) is 11.9 Å². The Labute approximate surface area is 192 Å². The van der Waals surface area contributed by atoms with E-state index < -0.39 is 12.0 Å². The molecule has 0 saturated carbocycles. The molecular formula is C22H23F3N8O. The van der Waals surface area contributed by atoms with Gasteiger partial charge in [-0.2, -0.15) is 17.7 Å². The van der Waals surface area contributed by atoms with Gasteiger partial charge in [-0.3, -0.25) is 10.1 Å². The Morgan fingerprint density at radius 2 is 1.88 bits per heavy atom. The Balaban J connectivity index is 1.28. The van der Waals surface area contributed by atoms with Gasteiger partial charge in [-0.15, -0.1) is 15.3 Å². The molecule has 1 aliphatic rings. The Morgan fingerprint density at radius 1 is 1.12 bits per heavy atom. The van der Waals surface area contributed by atoms with Crippen LogP contribution in [0.25, 0.3) is 16.7 Å². The third-order valence-corrected chi connectivity index (χ3v) is 6.03. The second kappa shape index (κ2) is 8.58. The van der Waals surface area contributed by atoms with Gasteiger partial charge in [0, 0.05) is 25.6 Å². The molecule has 0 radical (unpaired) electrons. The monoisotopic (exact) mass is 472 g/mol. The maximum Gasteiger partial charge on any atom is 0.453 e. The molecule has 4 heterocycles. The van der Waals surface area contributed by atoms with Crippen molar-refractivity contribution in [2.24, 2.45) is 5.92 Å². The average molecular weight is 472 g/mol. The Kier molecular flexibility index (Phi) is 5.58. The third kappa shape index (κ3) is 4.03. The summed E-state index contributed by atoms with van der Waals surface area (Å²) in [5.41, 5.74) is 1.83. The molecule has 9 nitrogen and oxygen atoms in total. The van der Waals surface area contributed by atoms with Crippen LogP contribution < -0.4 is 10.2 Å². The van der Waals surface area contributed by atoms with Crippen molar-refractivity contribution < 1.29 is 18.0 Å². The van der Waals surface area contributed by atoms with Crippen LogP contribution in [0.1, 0.15) is 32.0 Å². The zero-order chi connectivity index (χ0) is 23.9. The van der Waals surface area contributed by atoms with Crippen molar-refractivity contribution in [3.8, 4) is 0 Å². The number of para-hydroxylation sites is 2. The predicted molar refractivity (Wildman–Crippen MR) is 119 cm³/mol. The number of aryl methyl sites for hydroxylation is 1. The molecule has 0 spiro atoms. The van der Waals surface area contributed by atoms with Gasteiger partial charge in [0.25, 0.3) is 5.82 Å². The number of nitrogens with one attached hydrogen (secondary N) is 1. The summed E-state index contributed by atoms with van der Waals surface area (Å²) in [5.74, 6) is -0.561. The number of amides is 1. The Bertz CT molecular complexity index is 1340. The minimum atomic E-state index is -4.65. The van der Waals surface area contributed by atoms with Gasteiger partial charge < -0.3 is 9.47 Å². The van der Waals surface area contributed by atoms with E-state index in [0.717, 1.165) is 24.0 Å². The molecule has 1 N–H and O–H groups in total. The lowest BCUT2D eigenvalue weighted by molar-refractivity contribution is -0.146. The minimum Gasteiger partial charge on any atom is -0.355 e. The lowest BCUT2D eigenvalue weighted by Gasteiger charge is -2.32. The number of carbonyl (C=O) groups is 1. The number of fused-ring (bicyclic) bond motifs is 2. The zero-order valence-corrected chi connectivity index (χ0v) is 18.5. The normalized spacial score (nSPS) is 15.4. The van der Waals surface area contributed by atoms with Crippen molar-refractivity contribution in [2.75, 3.05) is 23.3 Å². The van der Waals surface area contributed by atoms with Gasteiger partial charge in [-0.25, -0.2) is 4.98 Å². The smallest absolute Gasteiger partial charge is 0.355 e. The number of aromatic nitrogens is 6. The maximum absolute atomic E-state index is 13.2. The molecule has 0 bridgehead atoms. The molecule has 178 valence electrons. The van der Waals surface area contributed by atoms with E-state index in [1.165, 1.54) is 6.07 Å². The minimum absolute atomic E-state index is 0.0281. The molecule has 34 heavy (non-hydrogen) atoms. The summed E-state index contributed by atoms with van der Waals surface area (Å²) in [6, 6.07) is 10.8. The molecule has 0 unspecified atom stereocenters. The summed E-state index contributed by atoms with van der Waals surface area (Å²) in [5, 5.41) is 13.8. The number of benzene rings is 1. The van der Waals surface area contributed by atoms with Gasteiger partial charge >= 0.3 is 6.18 Å². The topological polar surface area (TPSA) is 93.2 Å². The fourth-order valence-corrected chi connectivity index (χ4v) is 4.33. The van der Waals surface area contributed by atoms with Crippen LogP contribution in [0, 0.1) is 5.92 Å². The number of nitrogens with zero attached hydrogens (tertiary/aromatic N) is 7. The van der Waals surface area contributed by atoms with E-state index in [1.54, 1.807) is 6.07 Å². The summed E-state index contributed by atoms with van der Waals surface area (Å²) in [6.45, 7) is 3.79. The van der Waals surface area contributed by atoms with Crippen molar-refractivity contribution in [1.29, 1.82) is 0 Å². The van der Waals surface area contributed by atoms with Crippen molar-refractivity contribution >= 4 is 34.4 Å². The number of anilines is 2. The molecule has 3 aromatic heterocycles. The van der Waals surface area contributed by atoms with E-state index >= 15 is 0 Å². The largest absolute Gasteiger partial charge is 0.453 e. The van der Waals surface area contributed by atoms with Crippen LogP contribution in [-0.4, -0.2) is 48.4 Å². The van der Waals surface area contributed by atoms with E-state index in [0.29, 0.717) is 42.2 Å². The van der Waals surface area contributed by atoms with Gasteiger partial charge in [0.05, 0.1) is 11.0 Å². The second-order valence-electron chi connectivity index (χ2n) is 8.31. The standard InChI is InChI=1S/C22H23F3N8O/c1-2-11-32-16-6-4-3-5-15(16)26-21(32)27-19(34)14-9-12-31(13-10-14)18-8-7-17-28-29-20(22(23,24)25)33(17)30-18/h3-8,14H,2,9-13H2,1H3,(H,26,27,34). The molecule has 1 aliphatic heterocycles. The number of hydrogen-bond acceptors (Lipinski definition) is 6. The molecule has 1 fully saturated rings. The SMILES string of the molecule is CCCn1c(NC(=O)C2CCN(c3ccc4nnc(C(F)(F)F)n4n3)CC2)nc2ccccc21. The second-order valence-corrected chi connectivity index (χ2v) is 8.31. The number of alkyl halides is 3. The third-order valence-electron chi connectivity index (χ3n) is 6.03. The zero-order valence-electron chi connectivity index (χ0n) is 18.5. The number of carbonyl (C=O) groups excluding carboxylic acids is 1. The van der Waals surface area contributed by atoms with E-state index in [9.17, 15) is 18.0 Å². The van der Waals surface area contributed by atoms with Crippen molar-refractivity contribution in [3.05, 3.63) is 42.2 Å². The highest BCUT2D eigenvalue weighted by atomic mass is 19.4. The molecule has 1 saturated heterocycles. The number of piperidine rings is 1. The maximum atomic E-state index is 13.2. The molecule has 12 heteroatoms. The van der Waals surface area contributed by atoms with Crippen molar-refractivity contribution in [2.45, 2.75) is 38.9 Å². The van der Waals surface area contributed by atoms with E-state index in [1.807, 2.05) is 33.7 Å². The Hall–Kier alpha value is -3.70. The molecule has 0 aliphatic carbocycles. The lowest BCUT2D eigenvalue weighted by atomic mass is 9.96. The van der Waals surface area contributed by atoms with E-state index in [-0.39, 0.29) is 17.5 Å². The molecule has 1 amide bonds. The number of imidazole rings is 1. The van der Waals surface area contributed by atoms with Crippen LogP contribution >= 0.6 is 0 Å². The van der Waals surface area contributed by atoms with Gasteiger partial charge in [0.1, 0.15) is 5.82 Å². The Morgan fingerprint density at radius 3 is 2.62 bits per heavy atom. The van der Waals surface area contributed by atoms with Crippen LogP contribution in [0.2, 0.25) is 0 Å². The highest BCUT2D eigenvalue weighted by Crippen LogP contribution is 2.29. The van der Waals surface area contributed by atoms with Crippen LogP contribution in [0.5, 0.6) is 0 Å². The van der Waals surface area contributed by atoms with Crippen molar-refractivity contribution in [1.82, 2.24) is 29.4 Å². The summed E-state index contributed by atoms with van der Waals surface area (Å²) >= 11 is 0. The number of halogens is 3. The number of hydrogen-bond donors (Lipinski definition) is 1. The first-order valence-electron chi connectivity index (χ1n) is 11.2. The van der Waals surface area contributed by atoms with Gasteiger partial charge in [-0.1, -0.05) is 19.1 Å². The molecule has 0 atom stereocenters. The first kappa shape index (κ1) is 22.1. The molecular weight excluding hydrogens is 449 g/mol. The van der Waals surface area contributed by atoms with E-state index in [4.69, 9.17) is 0 Å². The van der Waals surface area contributed by atoms with Gasteiger partial charge in [-0.05, 0) is 43.5 Å². The first-order chi connectivity index (χ1) is 16.3. The van der Waals surface area contributed by atoms with E-state index in [2.05, 4.69) is 32.5 Å². The molecule has 4 aromatic rings. The van der Waals surface area contributed by atoms with Crippen LogP contribution in [-0.2, 0) is 17.5 Å². The summed E-state index contributed by atoms with van der Waals surface area (Å²) < 4.78 is 42.2. The fourth-order valence-electron chi connectivity index (χ4n) is 4.33. The van der Waals surface area contributed by atoms with Crippen LogP contribution in [0.4, 0.5) is 24.9 Å². The summed E-state index contributed by atoms with van der Waals surface area (Å²) in [6.07, 6.45) is -2.65. The quantitative estimate of drug-likeness (QED) is 0.476. The fraction of sp³-hybridized carbons (Fsp3) is 0.409. The van der Waals surface area contributed by atoms with Crippen LogP contribution in [0.15, 0.2) is 36.4 Å². The average Bonchev–Trinajstić information content (AvgIpc) is 3.41. The van der Waals surface area contributed by atoms with Crippen molar-refractivity contribution in [3.63, 3.8) is 0 Å². The lowest BCUT2D eigenvalue weighted by Crippen LogP contribution is -2.39. The highest BCUT2D eigenvalue weighted by Gasteiger charge is 2.38. The highest BCUT2D eigenvalue weighted by molar-refractivity contribution is 5.93. The first-order valence-corrected chi connectivity index (χ1v) is 11.2. The number of rotatable bonds is 5. The molecule has 5 rings (SSSR count). The molecule has 1 aromatic carbocycles. The predicted octanol–water partition coefficient (Wildman–Crippen LogP) is 3.76.